The van der Waals surface area contributed by atoms with E-state index in [1.165, 1.54) is 26.1 Å². The number of hydrogen-bond donors (Lipinski definition) is 1. The predicted molar refractivity (Wildman–Crippen MR) is 83.7 cm³/mol. The van der Waals surface area contributed by atoms with Crippen LogP contribution in [-0.4, -0.2) is 36.6 Å². The van der Waals surface area contributed by atoms with Crippen LogP contribution >= 0.6 is 0 Å². The van der Waals surface area contributed by atoms with Crippen LogP contribution < -0.4 is 5.32 Å². The highest BCUT2D eigenvalue weighted by molar-refractivity contribution is 5.02. The van der Waals surface area contributed by atoms with Gasteiger partial charge in [0.25, 0.3) is 0 Å². The Labute approximate surface area is 124 Å². The molecule has 5 rings (SSSR count). The molecule has 0 amide bonds. The van der Waals surface area contributed by atoms with Gasteiger partial charge in [0, 0.05) is 25.2 Å². The van der Waals surface area contributed by atoms with E-state index in [-0.39, 0.29) is 0 Å². The van der Waals surface area contributed by atoms with Crippen LogP contribution in [-0.2, 0) is 0 Å². The average Bonchev–Trinajstić information content (AvgIpc) is 2.36. The number of rotatable bonds is 3. The molecule has 1 N–H and O–H groups in total. The van der Waals surface area contributed by atoms with Crippen molar-refractivity contribution in [1.82, 2.24) is 10.2 Å². The van der Waals surface area contributed by atoms with E-state index in [0.29, 0.717) is 0 Å². The Balaban J connectivity index is 1.41. The fourth-order valence-corrected chi connectivity index (χ4v) is 6.57. The van der Waals surface area contributed by atoms with Gasteiger partial charge in [0.05, 0.1) is 0 Å². The molecule has 2 heteroatoms. The molecule has 114 valence electrons. The van der Waals surface area contributed by atoms with Crippen molar-refractivity contribution in [3.05, 3.63) is 0 Å². The third kappa shape index (κ3) is 2.33. The van der Waals surface area contributed by atoms with Crippen LogP contribution in [0.5, 0.6) is 0 Å². The molecular formula is C18H32N2. The van der Waals surface area contributed by atoms with E-state index in [2.05, 4.69) is 24.1 Å². The molecule has 20 heavy (non-hydrogen) atoms. The molecule has 0 aromatic rings. The quantitative estimate of drug-likeness (QED) is 0.851. The second-order valence-electron chi connectivity index (χ2n) is 8.76. The maximum absolute atomic E-state index is 3.57. The molecule has 4 bridgehead atoms. The normalized spacial score (nSPS) is 51.6. The first kappa shape index (κ1) is 13.6. The van der Waals surface area contributed by atoms with Crippen LogP contribution in [0.3, 0.4) is 0 Å². The molecule has 2 atom stereocenters. The third-order valence-electron chi connectivity index (χ3n) is 7.08. The molecule has 0 aromatic carbocycles. The summed E-state index contributed by atoms with van der Waals surface area (Å²) in [6, 6.07) is 1.46. The highest BCUT2D eigenvalue weighted by Crippen LogP contribution is 2.61. The van der Waals surface area contributed by atoms with Crippen molar-refractivity contribution in [2.45, 2.75) is 70.9 Å². The van der Waals surface area contributed by atoms with Crippen LogP contribution in [0.2, 0.25) is 0 Å². The predicted octanol–water partition coefficient (Wildman–Crippen LogP) is 3.28. The number of hydrogen-bond acceptors (Lipinski definition) is 2. The van der Waals surface area contributed by atoms with Gasteiger partial charge in [-0.05, 0) is 88.5 Å². The second kappa shape index (κ2) is 4.98. The van der Waals surface area contributed by atoms with E-state index in [9.17, 15) is 0 Å². The Morgan fingerprint density at radius 1 is 0.900 bits per heavy atom. The molecular weight excluding hydrogens is 244 g/mol. The van der Waals surface area contributed by atoms with Crippen molar-refractivity contribution in [2.24, 2.45) is 23.2 Å². The van der Waals surface area contributed by atoms with Gasteiger partial charge in [-0.2, -0.15) is 0 Å². The lowest BCUT2D eigenvalue weighted by Gasteiger charge is -2.57. The number of nitrogens with zero attached hydrogens (tertiary/aromatic N) is 1. The summed E-state index contributed by atoms with van der Waals surface area (Å²) in [5, 5.41) is 3.57. The van der Waals surface area contributed by atoms with Crippen LogP contribution in [0.1, 0.15) is 58.8 Å². The van der Waals surface area contributed by atoms with Gasteiger partial charge in [-0.15, -0.1) is 0 Å². The molecule has 0 aromatic heterocycles. The third-order valence-corrected chi connectivity index (χ3v) is 7.08. The summed E-state index contributed by atoms with van der Waals surface area (Å²) < 4.78 is 0. The SMILES string of the molecule is CC1CNCC(C)N1CCC12CC3CC(CC(C3)C1)C2. The minimum Gasteiger partial charge on any atom is -0.314 e. The van der Waals surface area contributed by atoms with Gasteiger partial charge in [-0.3, -0.25) is 4.90 Å². The van der Waals surface area contributed by atoms with Gasteiger partial charge >= 0.3 is 0 Å². The molecule has 0 spiro atoms. The summed E-state index contributed by atoms with van der Waals surface area (Å²) in [6.07, 6.45) is 11.0. The molecule has 5 aliphatic rings. The Bertz CT molecular complexity index is 319. The fraction of sp³-hybridized carbons (Fsp3) is 1.00. The molecule has 1 saturated heterocycles. The molecule has 0 radical (unpaired) electrons. The smallest absolute Gasteiger partial charge is 0.0195 e. The summed E-state index contributed by atoms with van der Waals surface area (Å²) in [4.78, 5) is 2.79. The van der Waals surface area contributed by atoms with E-state index in [1.54, 1.807) is 38.5 Å². The van der Waals surface area contributed by atoms with Gasteiger partial charge < -0.3 is 5.32 Å². The Kier molecular flexibility index (Phi) is 3.38. The van der Waals surface area contributed by atoms with E-state index >= 15 is 0 Å². The van der Waals surface area contributed by atoms with E-state index in [0.717, 1.165) is 35.3 Å². The highest BCUT2D eigenvalue weighted by Gasteiger charge is 2.50. The van der Waals surface area contributed by atoms with Crippen molar-refractivity contribution in [3.8, 4) is 0 Å². The van der Waals surface area contributed by atoms with E-state index < -0.39 is 0 Å². The Morgan fingerprint density at radius 3 is 1.90 bits per heavy atom. The monoisotopic (exact) mass is 276 g/mol. The van der Waals surface area contributed by atoms with Crippen molar-refractivity contribution in [3.63, 3.8) is 0 Å². The van der Waals surface area contributed by atoms with Crippen molar-refractivity contribution in [2.75, 3.05) is 19.6 Å². The van der Waals surface area contributed by atoms with Crippen LogP contribution in [0.15, 0.2) is 0 Å². The van der Waals surface area contributed by atoms with Gasteiger partial charge in [0.1, 0.15) is 0 Å². The molecule has 5 fully saturated rings. The van der Waals surface area contributed by atoms with Gasteiger partial charge in [-0.1, -0.05) is 0 Å². The van der Waals surface area contributed by atoms with E-state index in [1.807, 2.05) is 0 Å². The first-order valence-electron chi connectivity index (χ1n) is 9.10. The molecule has 4 saturated carbocycles. The zero-order valence-electron chi connectivity index (χ0n) is 13.4. The maximum atomic E-state index is 3.57. The second-order valence-corrected chi connectivity index (χ2v) is 8.76. The zero-order valence-corrected chi connectivity index (χ0v) is 13.4. The van der Waals surface area contributed by atoms with Gasteiger partial charge in [0.15, 0.2) is 0 Å². The molecule has 1 aliphatic heterocycles. The standard InChI is InChI=1S/C18H32N2/c1-13-11-19-12-14(2)20(13)4-3-18-8-15-5-16(9-18)7-17(6-15)10-18/h13-17,19H,3-12H2,1-2H3. The lowest BCUT2D eigenvalue weighted by atomic mass is 9.49. The van der Waals surface area contributed by atoms with Crippen molar-refractivity contribution >= 4 is 0 Å². The Hall–Kier alpha value is -0.0800. The van der Waals surface area contributed by atoms with Gasteiger partial charge in [0.2, 0.25) is 0 Å². The summed E-state index contributed by atoms with van der Waals surface area (Å²) in [5.41, 5.74) is 0.763. The number of piperazine rings is 1. The van der Waals surface area contributed by atoms with Crippen LogP contribution in [0.25, 0.3) is 0 Å². The largest absolute Gasteiger partial charge is 0.314 e. The topological polar surface area (TPSA) is 15.3 Å². The first-order chi connectivity index (χ1) is 9.63. The summed E-state index contributed by atoms with van der Waals surface area (Å²) in [6.45, 7) is 8.54. The highest BCUT2D eigenvalue weighted by atomic mass is 15.2. The zero-order chi connectivity index (χ0) is 13.7. The number of nitrogens with one attached hydrogen (secondary N) is 1. The lowest BCUT2D eigenvalue weighted by Crippen LogP contribution is -2.56. The Morgan fingerprint density at radius 2 is 1.40 bits per heavy atom. The van der Waals surface area contributed by atoms with Crippen LogP contribution in [0.4, 0.5) is 0 Å². The maximum Gasteiger partial charge on any atom is 0.0195 e. The van der Waals surface area contributed by atoms with Crippen molar-refractivity contribution in [1.29, 1.82) is 0 Å². The summed E-state index contributed by atoms with van der Waals surface area (Å²) in [5.74, 6) is 3.33. The first-order valence-corrected chi connectivity index (χ1v) is 9.10. The average molecular weight is 276 g/mol. The van der Waals surface area contributed by atoms with Gasteiger partial charge in [-0.25, -0.2) is 0 Å². The molecule has 2 unspecified atom stereocenters. The minimum atomic E-state index is 0.729. The summed E-state index contributed by atoms with van der Waals surface area (Å²) >= 11 is 0. The minimum absolute atomic E-state index is 0.729. The molecule has 4 aliphatic carbocycles. The molecule has 2 nitrogen and oxygen atoms in total. The van der Waals surface area contributed by atoms with E-state index in [4.69, 9.17) is 0 Å². The van der Waals surface area contributed by atoms with Crippen molar-refractivity contribution < 1.29 is 0 Å². The molecule has 1 heterocycles. The fourth-order valence-electron chi connectivity index (χ4n) is 6.57. The van der Waals surface area contributed by atoms with Crippen LogP contribution in [0, 0.1) is 23.2 Å². The lowest BCUT2D eigenvalue weighted by molar-refractivity contribution is -0.0647. The summed E-state index contributed by atoms with van der Waals surface area (Å²) in [7, 11) is 0.